The van der Waals surface area contributed by atoms with Crippen LogP contribution in [0.3, 0.4) is 0 Å². The molecule has 1 N–H and O–H groups in total. The SMILES string of the molecule is CCOC(=O)CSC1=C(C#N)[C@@H](c2ccccc2)C(C(=O)OC)=C(C)N1. The molecule has 1 aliphatic heterocycles. The van der Waals surface area contributed by atoms with Crippen LogP contribution >= 0.6 is 11.8 Å². The molecule has 0 bridgehead atoms. The zero-order valence-corrected chi connectivity index (χ0v) is 15.7. The van der Waals surface area contributed by atoms with Gasteiger partial charge in [-0.05, 0) is 19.4 Å². The van der Waals surface area contributed by atoms with E-state index in [1.807, 2.05) is 30.3 Å². The Labute approximate surface area is 156 Å². The average Bonchev–Trinajstić information content (AvgIpc) is 2.66. The molecule has 0 saturated heterocycles. The van der Waals surface area contributed by atoms with Crippen molar-refractivity contribution in [3.8, 4) is 6.07 Å². The molecule has 0 radical (unpaired) electrons. The maximum Gasteiger partial charge on any atom is 0.336 e. The number of nitrogens with zero attached hydrogens (tertiary/aromatic N) is 1. The molecule has 26 heavy (non-hydrogen) atoms. The van der Waals surface area contributed by atoms with E-state index in [1.54, 1.807) is 13.8 Å². The minimum atomic E-state index is -0.556. The molecule has 0 saturated carbocycles. The standard InChI is InChI=1S/C19H20N2O4S/c1-4-25-15(22)11-26-18-14(10-20)17(13-8-6-5-7-9-13)16(12(2)21-18)19(23)24-3/h5-9,17,21H,4,11H2,1-3H3/t17-/m1/s1. The summed E-state index contributed by atoms with van der Waals surface area (Å²) in [4.78, 5) is 24.0. The number of methoxy groups -OCH3 is 1. The number of thioether (sulfide) groups is 1. The molecule has 0 aromatic heterocycles. The number of nitrogens with one attached hydrogen (secondary N) is 1. The third-order valence-electron chi connectivity index (χ3n) is 3.83. The first-order chi connectivity index (χ1) is 12.5. The number of carbonyl (C=O) groups is 2. The van der Waals surface area contributed by atoms with Crippen molar-refractivity contribution in [2.75, 3.05) is 19.5 Å². The molecule has 1 aromatic rings. The van der Waals surface area contributed by atoms with Gasteiger partial charge in [-0.2, -0.15) is 5.26 Å². The fourth-order valence-corrected chi connectivity index (χ4v) is 3.61. The number of hydrogen-bond acceptors (Lipinski definition) is 7. The van der Waals surface area contributed by atoms with Crippen LogP contribution in [0.5, 0.6) is 0 Å². The largest absolute Gasteiger partial charge is 0.466 e. The zero-order valence-electron chi connectivity index (χ0n) is 14.9. The van der Waals surface area contributed by atoms with Crippen LogP contribution in [0.2, 0.25) is 0 Å². The second-order valence-corrected chi connectivity index (χ2v) is 6.43. The van der Waals surface area contributed by atoms with Gasteiger partial charge in [-0.25, -0.2) is 4.79 Å². The summed E-state index contributed by atoms with van der Waals surface area (Å²) in [5, 5.41) is 13.4. The number of rotatable bonds is 6. The van der Waals surface area contributed by atoms with Gasteiger partial charge in [0, 0.05) is 5.70 Å². The highest BCUT2D eigenvalue weighted by molar-refractivity contribution is 8.03. The molecule has 136 valence electrons. The molecule has 7 heteroatoms. The van der Waals surface area contributed by atoms with Crippen molar-refractivity contribution < 1.29 is 19.1 Å². The van der Waals surface area contributed by atoms with Crippen molar-refractivity contribution in [1.29, 1.82) is 5.26 Å². The number of dihydropyridines is 1. The van der Waals surface area contributed by atoms with Crippen molar-refractivity contribution in [2.24, 2.45) is 0 Å². The van der Waals surface area contributed by atoms with Gasteiger partial charge in [-0.3, -0.25) is 4.79 Å². The zero-order chi connectivity index (χ0) is 19.1. The topological polar surface area (TPSA) is 88.4 Å². The predicted octanol–water partition coefficient (Wildman–Crippen LogP) is 2.85. The number of ether oxygens (including phenoxy) is 2. The molecule has 2 rings (SSSR count). The number of esters is 2. The minimum Gasteiger partial charge on any atom is -0.466 e. The molecular weight excluding hydrogens is 352 g/mol. The summed E-state index contributed by atoms with van der Waals surface area (Å²) in [6.45, 7) is 3.79. The van der Waals surface area contributed by atoms with Crippen molar-refractivity contribution in [1.82, 2.24) is 5.32 Å². The Morgan fingerprint density at radius 2 is 2.00 bits per heavy atom. The molecule has 0 aliphatic carbocycles. The van der Waals surface area contributed by atoms with E-state index in [-0.39, 0.29) is 11.7 Å². The van der Waals surface area contributed by atoms with Crippen LogP contribution in [-0.2, 0) is 19.1 Å². The molecule has 0 fully saturated rings. The highest BCUT2D eigenvalue weighted by atomic mass is 32.2. The molecule has 1 heterocycles. The summed E-state index contributed by atoms with van der Waals surface area (Å²) in [6.07, 6.45) is 0. The van der Waals surface area contributed by atoms with E-state index in [4.69, 9.17) is 9.47 Å². The molecule has 6 nitrogen and oxygen atoms in total. The first-order valence-electron chi connectivity index (χ1n) is 8.07. The molecule has 1 atom stereocenters. The first-order valence-corrected chi connectivity index (χ1v) is 9.05. The van der Waals surface area contributed by atoms with Crippen LogP contribution in [0.4, 0.5) is 0 Å². The highest BCUT2D eigenvalue weighted by Crippen LogP contribution is 2.40. The van der Waals surface area contributed by atoms with Gasteiger partial charge >= 0.3 is 11.9 Å². The normalized spacial score (nSPS) is 16.6. The molecule has 0 amide bonds. The highest BCUT2D eigenvalue weighted by Gasteiger charge is 2.35. The van der Waals surface area contributed by atoms with Crippen molar-refractivity contribution in [3.63, 3.8) is 0 Å². The molecule has 1 aromatic carbocycles. The van der Waals surface area contributed by atoms with Gasteiger partial charge in [0.1, 0.15) is 0 Å². The van der Waals surface area contributed by atoms with Crippen molar-refractivity contribution in [3.05, 3.63) is 57.8 Å². The third kappa shape index (κ3) is 4.27. The Kier molecular flexibility index (Phi) is 6.87. The lowest BCUT2D eigenvalue weighted by molar-refractivity contribution is -0.140. The van der Waals surface area contributed by atoms with E-state index in [0.29, 0.717) is 28.5 Å². The van der Waals surface area contributed by atoms with E-state index in [1.165, 1.54) is 18.9 Å². The van der Waals surface area contributed by atoms with E-state index < -0.39 is 11.9 Å². The van der Waals surface area contributed by atoms with Crippen LogP contribution in [-0.4, -0.2) is 31.4 Å². The lowest BCUT2D eigenvalue weighted by atomic mass is 9.82. The van der Waals surface area contributed by atoms with E-state index in [0.717, 1.165) is 5.56 Å². The van der Waals surface area contributed by atoms with E-state index >= 15 is 0 Å². The van der Waals surface area contributed by atoms with Crippen molar-refractivity contribution >= 4 is 23.7 Å². The maximum atomic E-state index is 12.3. The Morgan fingerprint density at radius 1 is 1.31 bits per heavy atom. The predicted molar refractivity (Wildman–Crippen MR) is 98.8 cm³/mol. The smallest absolute Gasteiger partial charge is 0.336 e. The van der Waals surface area contributed by atoms with E-state index in [9.17, 15) is 14.9 Å². The van der Waals surface area contributed by atoms with Gasteiger partial charge in [0.15, 0.2) is 0 Å². The summed E-state index contributed by atoms with van der Waals surface area (Å²) >= 11 is 1.19. The Morgan fingerprint density at radius 3 is 2.58 bits per heavy atom. The second-order valence-electron chi connectivity index (χ2n) is 5.45. The number of nitriles is 1. The van der Waals surface area contributed by atoms with Gasteiger partial charge in [0.2, 0.25) is 0 Å². The minimum absolute atomic E-state index is 0.0731. The van der Waals surface area contributed by atoms with Gasteiger partial charge in [-0.15, -0.1) is 0 Å². The number of allylic oxidation sites excluding steroid dienone is 2. The lowest BCUT2D eigenvalue weighted by Crippen LogP contribution is -2.28. The summed E-state index contributed by atoms with van der Waals surface area (Å²) in [5.74, 6) is -1.34. The summed E-state index contributed by atoms with van der Waals surface area (Å²) < 4.78 is 9.86. The summed E-state index contributed by atoms with van der Waals surface area (Å²) in [6, 6.07) is 11.5. The molecule has 0 spiro atoms. The quantitative estimate of drug-likeness (QED) is 0.768. The molecule has 1 aliphatic rings. The van der Waals surface area contributed by atoms with Gasteiger partial charge in [-0.1, -0.05) is 42.1 Å². The van der Waals surface area contributed by atoms with Crippen LogP contribution < -0.4 is 5.32 Å². The summed E-state index contributed by atoms with van der Waals surface area (Å²) in [5.41, 5.74) is 2.16. The lowest BCUT2D eigenvalue weighted by Gasteiger charge is -2.29. The summed E-state index contributed by atoms with van der Waals surface area (Å²) in [7, 11) is 1.31. The first kappa shape index (κ1) is 19.6. The fourth-order valence-electron chi connectivity index (χ4n) is 2.72. The molecule has 0 unspecified atom stereocenters. The van der Waals surface area contributed by atoms with Crippen LogP contribution in [0, 0.1) is 11.3 Å². The van der Waals surface area contributed by atoms with E-state index in [2.05, 4.69) is 11.4 Å². The Bertz CT molecular complexity index is 794. The Hall–Kier alpha value is -2.72. The van der Waals surface area contributed by atoms with Gasteiger partial charge < -0.3 is 14.8 Å². The number of hydrogen-bond donors (Lipinski definition) is 1. The molecular formula is C19H20N2O4S. The van der Waals surface area contributed by atoms with Gasteiger partial charge in [0.05, 0.1) is 47.6 Å². The second kappa shape index (κ2) is 9.11. The Balaban J connectivity index is 2.46. The third-order valence-corrected chi connectivity index (χ3v) is 4.82. The fraction of sp³-hybridized carbons (Fsp3) is 0.316. The number of benzene rings is 1. The average molecular weight is 372 g/mol. The van der Waals surface area contributed by atoms with Crippen molar-refractivity contribution in [2.45, 2.75) is 19.8 Å². The van der Waals surface area contributed by atoms with Crippen LogP contribution in [0.1, 0.15) is 25.3 Å². The van der Waals surface area contributed by atoms with Crippen LogP contribution in [0.15, 0.2) is 52.2 Å². The maximum absolute atomic E-state index is 12.3. The number of carbonyl (C=O) groups excluding carboxylic acids is 2. The van der Waals surface area contributed by atoms with Crippen LogP contribution in [0.25, 0.3) is 0 Å². The monoisotopic (exact) mass is 372 g/mol. The van der Waals surface area contributed by atoms with Gasteiger partial charge in [0.25, 0.3) is 0 Å².